The van der Waals surface area contributed by atoms with Crippen molar-refractivity contribution in [2.75, 3.05) is 0 Å². The highest BCUT2D eigenvalue weighted by Crippen LogP contribution is 2.22. The van der Waals surface area contributed by atoms with Gasteiger partial charge in [-0.05, 0) is 26.0 Å². The molecule has 1 unspecified atom stereocenters. The normalized spacial score (nSPS) is 12.9. The molecule has 0 spiro atoms. The first kappa shape index (κ1) is 10.8. The standard InChI is InChI=1S/C11H14N2S2/c1-8-3-4-11(15-8)9(2)12-5-10-6-14-7-13-10/h3-4,6-7,9,12H,5H2,1-2H3. The van der Waals surface area contributed by atoms with Gasteiger partial charge in [0.25, 0.3) is 0 Å². The van der Waals surface area contributed by atoms with Gasteiger partial charge in [0.15, 0.2) is 0 Å². The molecule has 0 saturated heterocycles. The van der Waals surface area contributed by atoms with Crippen LogP contribution in [0.3, 0.4) is 0 Å². The Balaban J connectivity index is 1.90. The molecule has 0 aromatic carbocycles. The van der Waals surface area contributed by atoms with Crippen molar-refractivity contribution in [3.05, 3.63) is 38.5 Å². The van der Waals surface area contributed by atoms with Crippen LogP contribution in [0, 0.1) is 6.92 Å². The smallest absolute Gasteiger partial charge is 0.0795 e. The molecule has 0 aliphatic heterocycles. The van der Waals surface area contributed by atoms with E-state index in [1.807, 2.05) is 16.8 Å². The quantitative estimate of drug-likeness (QED) is 0.883. The number of thiazole rings is 1. The monoisotopic (exact) mass is 238 g/mol. The van der Waals surface area contributed by atoms with Crippen LogP contribution >= 0.6 is 22.7 Å². The summed E-state index contributed by atoms with van der Waals surface area (Å²) in [6, 6.07) is 4.77. The Morgan fingerprint density at radius 3 is 2.93 bits per heavy atom. The van der Waals surface area contributed by atoms with E-state index in [-0.39, 0.29) is 0 Å². The maximum absolute atomic E-state index is 4.25. The highest BCUT2D eigenvalue weighted by atomic mass is 32.1. The lowest BCUT2D eigenvalue weighted by Gasteiger charge is -2.10. The number of hydrogen-bond donors (Lipinski definition) is 1. The first-order chi connectivity index (χ1) is 7.25. The van der Waals surface area contributed by atoms with Crippen LogP contribution in [0.4, 0.5) is 0 Å². The molecule has 0 fully saturated rings. The highest BCUT2D eigenvalue weighted by Gasteiger charge is 2.07. The minimum absolute atomic E-state index is 0.408. The lowest BCUT2D eigenvalue weighted by molar-refractivity contribution is 0.577. The second kappa shape index (κ2) is 4.88. The summed E-state index contributed by atoms with van der Waals surface area (Å²) in [6.07, 6.45) is 0. The Morgan fingerprint density at radius 2 is 2.33 bits per heavy atom. The fourth-order valence-electron chi connectivity index (χ4n) is 1.37. The third kappa shape index (κ3) is 2.87. The highest BCUT2D eigenvalue weighted by molar-refractivity contribution is 7.12. The molecule has 2 heterocycles. The van der Waals surface area contributed by atoms with Crippen molar-refractivity contribution < 1.29 is 0 Å². The predicted octanol–water partition coefficient (Wildman–Crippen LogP) is 3.36. The summed E-state index contributed by atoms with van der Waals surface area (Å²) in [5.41, 5.74) is 3.00. The number of nitrogens with zero attached hydrogens (tertiary/aromatic N) is 1. The zero-order valence-corrected chi connectivity index (χ0v) is 10.5. The van der Waals surface area contributed by atoms with E-state index in [0.29, 0.717) is 6.04 Å². The molecule has 2 aromatic rings. The van der Waals surface area contributed by atoms with Crippen LogP contribution in [0.25, 0.3) is 0 Å². The number of hydrogen-bond acceptors (Lipinski definition) is 4. The third-order valence-electron chi connectivity index (χ3n) is 2.26. The fraction of sp³-hybridized carbons (Fsp3) is 0.364. The van der Waals surface area contributed by atoms with E-state index in [1.165, 1.54) is 9.75 Å². The van der Waals surface area contributed by atoms with Crippen molar-refractivity contribution in [3.63, 3.8) is 0 Å². The average molecular weight is 238 g/mol. The molecule has 1 N–H and O–H groups in total. The summed E-state index contributed by atoms with van der Waals surface area (Å²) in [7, 11) is 0. The van der Waals surface area contributed by atoms with E-state index in [2.05, 4.69) is 41.7 Å². The molecule has 1 atom stereocenters. The molecular weight excluding hydrogens is 224 g/mol. The van der Waals surface area contributed by atoms with Gasteiger partial charge >= 0.3 is 0 Å². The van der Waals surface area contributed by atoms with E-state index >= 15 is 0 Å². The minimum Gasteiger partial charge on any atom is -0.304 e. The van der Waals surface area contributed by atoms with Gasteiger partial charge in [-0.2, -0.15) is 0 Å². The van der Waals surface area contributed by atoms with E-state index in [1.54, 1.807) is 11.3 Å². The average Bonchev–Trinajstić information content (AvgIpc) is 2.84. The van der Waals surface area contributed by atoms with Crippen LogP contribution in [0.15, 0.2) is 23.0 Å². The SMILES string of the molecule is Cc1ccc(C(C)NCc2cscn2)s1. The maximum Gasteiger partial charge on any atom is 0.0795 e. The molecule has 4 heteroatoms. The Kier molecular flexibility index (Phi) is 3.51. The summed E-state index contributed by atoms with van der Waals surface area (Å²) >= 11 is 3.50. The predicted molar refractivity (Wildman–Crippen MR) is 66.4 cm³/mol. The molecule has 0 bridgehead atoms. The number of aromatic nitrogens is 1. The molecule has 0 amide bonds. The van der Waals surface area contributed by atoms with E-state index in [0.717, 1.165) is 12.2 Å². The number of thiophene rings is 1. The summed E-state index contributed by atoms with van der Waals surface area (Å²) < 4.78 is 0. The lowest BCUT2D eigenvalue weighted by Crippen LogP contribution is -2.17. The van der Waals surface area contributed by atoms with Gasteiger partial charge in [-0.1, -0.05) is 0 Å². The molecule has 0 aliphatic rings. The first-order valence-electron chi connectivity index (χ1n) is 4.92. The van der Waals surface area contributed by atoms with Crippen LogP contribution in [0.5, 0.6) is 0 Å². The second-order valence-corrected chi connectivity index (χ2v) is 5.57. The number of rotatable bonds is 4. The van der Waals surface area contributed by atoms with Gasteiger partial charge in [0.2, 0.25) is 0 Å². The van der Waals surface area contributed by atoms with Crippen LogP contribution in [-0.4, -0.2) is 4.98 Å². The molecule has 2 rings (SSSR count). The molecule has 0 saturated carbocycles. The van der Waals surface area contributed by atoms with Crippen molar-refractivity contribution >= 4 is 22.7 Å². The number of aryl methyl sites for hydroxylation is 1. The van der Waals surface area contributed by atoms with Crippen molar-refractivity contribution in [2.24, 2.45) is 0 Å². The first-order valence-corrected chi connectivity index (χ1v) is 6.68. The van der Waals surface area contributed by atoms with Crippen LogP contribution < -0.4 is 5.32 Å². The molecular formula is C11H14N2S2. The second-order valence-electron chi connectivity index (χ2n) is 3.53. The maximum atomic E-state index is 4.25. The van der Waals surface area contributed by atoms with Gasteiger partial charge in [0, 0.05) is 27.7 Å². The zero-order chi connectivity index (χ0) is 10.7. The summed E-state index contributed by atoms with van der Waals surface area (Å²) in [5, 5.41) is 5.55. The molecule has 2 aromatic heterocycles. The zero-order valence-electron chi connectivity index (χ0n) is 8.86. The fourth-order valence-corrected chi connectivity index (χ4v) is 2.83. The van der Waals surface area contributed by atoms with Gasteiger partial charge in [-0.25, -0.2) is 4.98 Å². The molecule has 0 radical (unpaired) electrons. The van der Waals surface area contributed by atoms with Crippen molar-refractivity contribution in [1.29, 1.82) is 0 Å². The molecule has 0 aliphatic carbocycles. The topological polar surface area (TPSA) is 24.9 Å². The van der Waals surface area contributed by atoms with Gasteiger partial charge < -0.3 is 5.32 Å². The molecule has 80 valence electrons. The lowest BCUT2D eigenvalue weighted by atomic mass is 10.2. The summed E-state index contributed by atoms with van der Waals surface area (Å²) in [6.45, 7) is 5.18. The van der Waals surface area contributed by atoms with Crippen LogP contribution in [0.2, 0.25) is 0 Å². The van der Waals surface area contributed by atoms with Gasteiger partial charge in [0.1, 0.15) is 0 Å². The van der Waals surface area contributed by atoms with Gasteiger partial charge in [0.05, 0.1) is 11.2 Å². The Morgan fingerprint density at radius 1 is 1.47 bits per heavy atom. The van der Waals surface area contributed by atoms with E-state index in [9.17, 15) is 0 Å². The Labute approximate surface area is 98.0 Å². The number of nitrogens with one attached hydrogen (secondary N) is 1. The van der Waals surface area contributed by atoms with Crippen LogP contribution in [-0.2, 0) is 6.54 Å². The summed E-state index contributed by atoms with van der Waals surface area (Å²) in [5.74, 6) is 0. The minimum atomic E-state index is 0.408. The molecule has 2 nitrogen and oxygen atoms in total. The van der Waals surface area contributed by atoms with Crippen molar-refractivity contribution in [2.45, 2.75) is 26.4 Å². The van der Waals surface area contributed by atoms with Crippen molar-refractivity contribution in [3.8, 4) is 0 Å². The van der Waals surface area contributed by atoms with Gasteiger partial charge in [-0.15, -0.1) is 22.7 Å². The van der Waals surface area contributed by atoms with E-state index in [4.69, 9.17) is 0 Å². The third-order valence-corrected chi connectivity index (χ3v) is 4.08. The van der Waals surface area contributed by atoms with Crippen LogP contribution in [0.1, 0.15) is 28.4 Å². The summed E-state index contributed by atoms with van der Waals surface area (Å²) in [4.78, 5) is 7.01. The van der Waals surface area contributed by atoms with Crippen molar-refractivity contribution in [1.82, 2.24) is 10.3 Å². The Bertz CT molecular complexity index is 406. The van der Waals surface area contributed by atoms with E-state index < -0.39 is 0 Å². The largest absolute Gasteiger partial charge is 0.304 e. The Hall–Kier alpha value is -0.710. The molecule has 15 heavy (non-hydrogen) atoms. The van der Waals surface area contributed by atoms with Gasteiger partial charge in [-0.3, -0.25) is 0 Å².